The van der Waals surface area contributed by atoms with E-state index in [0.29, 0.717) is 51.9 Å². The van der Waals surface area contributed by atoms with Gasteiger partial charge >= 0.3 is 5.63 Å². The highest BCUT2D eigenvalue weighted by atomic mass is 16.5. The lowest BCUT2D eigenvalue weighted by Crippen LogP contribution is -2.14. The molecule has 1 aliphatic heterocycles. The van der Waals surface area contributed by atoms with Gasteiger partial charge in [0.15, 0.2) is 34.5 Å². The zero-order valence-electron chi connectivity index (χ0n) is 18.4. The number of fused-ring (bicyclic) bond motifs is 7. The molecule has 0 spiro atoms. The smallest absolute Gasteiger partial charge is 0.361 e. The molecule has 9 heteroatoms. The van der Waals surface area contributed by atoms with Crippen LogP contribution in [0.3, 0.4) is 0 Å². The van der Waals surface area contributed by atoms with Crippen LogP contribution in [0.15, 0.2) is 51.7 Å². The topological polar surface area (TPSA) is 146 Å². The van der Waals surface area contributed by atoms with E-state index >= 15 is 0 Å². The number of methoxy groups -OCH3 is 1. The summed E-state index contributed by atoms with van der Waals surface area (Å²) >= 11 is 0. The molecule has 0 bridgehead atoms. The summed E-state index contributed by atoms with van der Waals surface area (Å²) in [7, 11) is 1.46. The third-order valence-corrected chi connectivity index (χ3v) is 6.53. The Morgan fingerprint density at radius 2 is 1.63 bits per heavy atom. The number of aryl methyl sites for hydroxylation is 2. The minimum atomic E-state index is -0.644. The molecule has 2 aromatic heterocycles. The van der Waals surface area contributed by atoms with Crippen LogP contribution in [0.25, 0.3) is 44.3 Å². The summed E-state index contributed by atoms with van der Waals surface area (Å²) in [5, 5.41) is 51.8. The highest BCUT2D eigenvalue weighted by Crippen LogP contribution is 2.49. The highest BCUT2D eigenvalue weighted by molar-refractivity contribution is 6.17. The predicted molar refractivity (Wildman–Crippen MR) is 127 cm³/mol. The third kappa shape index (κ3) is 2.84. The highest BCUT2D eigenvalue weighted by Gasteiger charge is 2.30. The maximum absolute atomic E-state index is 13.2. The molecule has 0 saturated heterocycles. The van der Waals surface area contributed by atoms with Gasteiger partial charge in [0.2, 0.25) is 0 Å². The Bertz CT molecular complexity index is 1760. The lowest BCUT2D eigenvalue weighted by molar-refractivity contribution is 0.373. The molecule has 176 valence electrons. The van der Waals surface area contributed by atoms with Gasteiger partial charge in [-0.15, -0.1) is 0 Å². The standard InChI is InChI=1S/C26H19NO8/c1-34-21-7-11-4-5-27-24(13(11)8-19(21)32)22(12-2-3-15(28)16(29)6-12)23-14-9-17(30)18(31)10-20(14)35-26(33)25(23)27/h2-3,6-10,28-32H,4-5H2,1H3. The van der Waals surface area contributed by atoms with E-state index in [0.717, 1.165) is 5.56 Å². The number of nitrogens with zero attached hydrogens (tertiary/aromatic N) is 1. The Balaban J connectivity index is 1.85. The van der Waals surface area contributed by atoms with Crippen molar-refractivity contribution in [3.63, 3.8) is 0 Å². The van der Waals surface area contributed by atoms with Gasteiger partial charge < -0.3 is 39.3 Å². The number of hydrogen-bond acceptors (Lipinski definition) is 8. The van der Waals surface area contributed by atoms with Crippen molar-refractivity contribution in [1.82, 2.24) is 4.57 Å². The van der Waals surface area contributed by atoms with Gasteiger partial charge in [0.1, 0.15) is 11.1 Å². The molecular weight excluding hydrogens is 454 g/mol. The first-order valence-electron chi connectivity index (χ1n) is 10.8. The Morgan fingerprint density at radius 3 is 2.37 bits per heavy atom. The molecule has 0 fully saturated rings. The van der Waals surface area contributed by atoms with Crippen LogP contribution >= 0.6 is 0 Å². The maximum atomic E-state index is 13.2. The molecule has 1 aliphatic rings. The molecule has 3 heterocycles. The first-order chi connectivity index (χ1) is 16.8. The second-order valence-corrected chi connectivity index (χ2v) is 8.46. The number of benzene rings is 3. The van der Waals surface area contributed by atoms with E-state index in [-0.39, 0.29) is 34.1 Å². The monoisotopic (exact) mass is 473 g/mol. The van der Waals surface area contributed by atoms with Gasteiger partial charge in [-0.05, 0) is 47.9 Å². The number of ether oxygens (including phenoxy) is 1. The molecule has 0 amide bonds. The molecule has 5 N–H and O–H groups in total. The molecule has 35 heavy (non-hydrogen) atoms. The Morgan fingerprint density at radius 1 is 0.886 bits per heavy atom. The molecule has 0 aliphatic carbocycles. The van der Waals surface area contributed by atoms with Gasteiger partial charge in [0.25, 0.3) is 0 Å². The van der Waals surface area contributed by atoms with Gasteiger partial charge in [-0.25, -0.2) is 4.79 Å². The van der Waals surface area contributed by atoms with Gasteiger partial charge in [0, 0.05) is 34.5 Å². The Kier molecular flexibility index (Phi) is 4.22. The van der Waals surface area contributed by atoms with Crippen molar-refractivity contribution < 1.29 is 34.7 Å². The average molecular weight is 473 g/mol. The first-order valence-corrected chi connectivity index (χ1v) is 10.8. The largest absolute Gasteiger partial charge is 0.504 e. The van der Waals surface area contributed by atoms with Crippen molar-refractivity contribution in [2.45, 2.75) is 13.0 Å². The minimum absolute atomic E-state index is 0.0720. The quantitative estimate of drug-likeness (QED) is 0.190. The van der Waals surface area contributed by atoms with E-state index in [9.17, 15) is 30.3 Å². The van der Waals surface area contributed by atoms with E-state index in [2.05, 4.69) is 0 Å². The average Bonchev–Trinajstić information content (AvgIpc) is 3.18. The van der Waals surface area contributed by atoms with Crippen LogP contribution in [0.4, 0.5) is 0 Å². The van der Waals surface area contributed by atoms with Crippen LogP contribution < -0.4 is 10.4 Å². The fraction of sp³-hybridized carbons (Fsp3) is 0.115. The summed E-state index contributed by atoms with van der Waals surface area (Å²) < 4.78 is 12.6. The predicted octanol–water partition coefficient (Wildman–Crippen LogP) is 4.17. The molecular formula is C26H19NO8. The zero-order valence-corrected chi connectivity index (χ0v) is 18.4. The van der Waals surface area contributed by atoms with Gasteiger partial charge in [-0.1, -0.05) is 6.07 Å². The van der Waals surface area contributed by atoms with Crippen molar-refractivity contribution in [2.24, 2.45) is 0 Å². The SMILES string of the molecule is COc1cc2c(cc1O)-c1c(-c3ccc(O)c(O)c3)c3c4cc(O)c(O)cc4oc(=O)c3n1CC2. The van der Waals surface area contributed by atoms with Gasteiger partial charge in [-0.2, -0.15) is 0 Å². The minimum Gasteiger partial charge on any atom is -0.504 e. The molecule has 0 unspecified atom stereocenters. The van der Waals surface area contributed by atoms with Gasteiger partial charge in [0.05, 0.1) is 12.8 Å². The summed E-state index contributed by atoms with van der Waals surface area (Å²) in [6.45, 7) is 0.414. The lowest BCUT2D eigenvalue weighted by Gasteiger charge is -2.22. The van der Waals surface area contributed by atoms with E-state index < -0.39 is 11.4 Å². The number of rotatable bonds is 2. The second-order valence-electron chi connectivity index (χ2n) is 8.46. The summed E-state index contributed by atoms with van der Waals surface area (Å²) in [5.74, 6) is -1.24. The van der Waals surface area contributed by atoms with Crippen LogP contribution in [0, 0.1) is 0 Å². The molecule has 9 nitrogen and oxygen atoms in total. The molecule has 0 atom stereocenters. The Hall–Kier alpha value is -4.79. The summed E-state index contributed by atoms with van der Waals surface area (Å²) in [4.78, 5) is 13.2. The van der Waals surface area contributed by atoms with Crippen LogP contribution in [0.2, 0.25) is 0 Å². The maximum Gasteiger partial charge on any atom is 0.361 e. The first kappa shape index (κ1) is 20.8. The lowest BCUT2D eigenvalue weighted by atomic mass is 9.91. The second kappa shape index (κ2) is 7.10. The van der Waals surface area contributed by atoms with Crippen LogP contribution in [-0.2, 0) is 13.0 Å². The third-order valence-electron chi connectivity index (χ3n) is 6.53. The Labute approximate surface area is 196 Å². The molecule has 3 aromatic carbocycles. The molecule has 0 radical (unpaired) electrons. The van der Waals surface area contributed by atoms with Crippen molar-refractivity contribution in [2.75, 3.05) is 7.11 Å². The zero-order chi connectivity index (χ0) is 24.6. The van der Waals surface area contributed by atoms with Crippen LogP contribution in [0.1, 0.15) is 5.56 Å². The summed E-state index contributed by atoms with van der Waals surface area (Å²) in [6.07, 6.45) is 0.543. The summed E-state index contributed by atoms with van der Waals surface area (Å²) in [6, 6.07) is 10.1. The molecule has 5 aromatic rings. The summed E-state index contributed by atoms with van der Waals surface area (Å²) in [5.41, 5.74) is 2.82. The number of aromatic nitrogens is 1. The van der Waals surface area contributed by atoms with E-state index in [4.69, 9.17) is 9.15 Å². The van der Waals surface area contributed by atoms with Crippen LogP contribution in [0.5, 0.6) is 34.5 Å². The fourth-order valence-corrected chi connectivity index (χ4v) is 4.98. The van der Waals surface area contributed by atoms with Crippen molar-refractivity contribution in [3.05, 3.63) is 58.4 Å². The van der Waals surface area contributed by atoms with Crippen molar-refractivity contribution >= 4 is 21.9 Å². The normalized spacial score (nSPS) is 12.6. The number of phenolic OH excluding ortho intramolecular Hbond substituents is 5. The van der Waals surface area contributed by atoms with E-state index in [1.54, 1.807) is 22.8 Å². The van der Waals surface area contributed by atoms with E-state index in [1.165, 1.54) is 31.4 Å². The molecule has 0 saturated carbocycles. The fourth-order valence-electron chi connectivity index (χ4n) is 4.98. The molecule has 6 rings (SSSR count). The van der Waals surface area contributed by atoms with Crippen molar-refractivity contribution in [1.29, 1.82) is 0 Å². The number of phenols is 5. The van der Waals surface area contributed by atoms with E-state index in [1.807, 2.05) is 0 Å². The van der Waals surface area contributed by atoms with Crippen molar-refractivity contribution in [3.8, 4) is 56.9 Å². The number of aromatic hydroxyl groups is 5. The number of hydrogen-bond donors (Lipinski definition) is 5. The van der Waals surface area contributed by atoms with Crippen LogP contribution in [-0.4, -0.2) is 37.2 Å². The van der Waals surface area contributed by atoms with Gasteiger partial charge in [-0.3, -0.25) is 0 Å².